The van der Waals surface area contributed by atoms with Crippen molar-refractivity contribution in [3.8, 4) is 28.4 Å². The van der Waals surface area contributed by atoms with Crippen molar-refractivity contribution in [1.29, 1.82) is 0 Å². The third-order valence-electron chi connectivity index (χ3n) is 5.53. The molecule has 184 valence electrons. The lowest BCUT2D eigenvalue weighted by atomic mass is 9.97. The van der Waals surface area contributed by atoms with Crippen LogP contribution in [0.4, 0.5) is 10.2 Å². The highest BCUT2D eigenvalue weighted by atomic mass is 19.1. The predicted molar refractivity (Wildman–Crippen MR) is 136 cm³/mol. The summed E-state index contributed by atoms with van der Waals surface area (Å²) in [6.07, 6.45) is 4.63. The fraction of sp³-hybridized carbons (Fsp3) is 0.143. The van der Waals surface area contributed by atoms with Crippen LogP contribution in [0.1, 0.15) is 16.7 Å². The highest BCUT2D eigenvalue weighted by molar-refractivity contribution is 5.86. The van der Waals surface area contributed by atoms with Crippen LogP contribution < -0.4 is 19.9 Å². The van der Waals surface area contributed by atoms with E-state index in [0.717, 1.165) is 22.4 Å². The average molecular weight is 488 g/mol. The van der Waals surface area contributed by atoms with Crippen molar-refractivity contribution < 1.29 is 23.3 Å². The van der Waals surface area contributed by atoms with Gasteiger partial charge in [0.25, 0.3) is 0 Å². The Balaban J connectivity index is 1.62. The zero-order valence-electron chi connectivity index (χ0n) is 20.2. The van der Waals surface area contributed by atoms with Crippen LogP contribution in [0.3, 0.4) is 0 Å². The molecule has 4 rings (SSSR count). The number of halogens is 1. The van der Waals surface area contributed by atoms with Gasteiger partial charge in [0.1, 0.15) is 18.2 Å². The molecule has 0 radical (unpaired) electrons. The van der Waals surface area contributed by atoms with Gasteiger partial charge in [-0.25, -0.2) is 9.97 Å². The Bertz CT molecular complexity index is 1360. The molecule has 0 saturated carbocycles. The molecule has 0 aliphatic carbocycles. The molecule has 0 aliphatic rings. The molecule has 0 fully saturated rings. The summed E-state index contributed by atoms with van der Waals surface area (Å²) in [5.41, 5.74) is 10.8. The van der Waals surface area contributed by atoms with E-state index in [4.69, 9.17) is 24.7 Å². The summed E-state index contributed by atoms with van der Waals surface area (Å²) in [4.78, 5) is 8.11. The van der Waals surface area contributed by atoms with Gasteiger partial charge >= 0.3 is 0 Å². The van der Waals surface area contributed by atoms with E-state index in [2.05, 4.69) is 9.97 Å². The van der Waals surface area contributed by atoms with Crippen LogP contribution >= 0.6 is 0 Å². The molecule has 2 N–H and O–H groups in total. The summed E-state index contributed by atoms with van der Waals surface area (Å²) in [5, 5.41) is 0. The van der Waals surface area contributed by atoms with Crippen molar-refractivity contribution in [1.82, 2.24) is 9.97 Å². The number of rotatable bonds is 9. The van der Waals surface area contributed by atoms with Crippen LogP contribution in [-0.4, -0.2) is 31.3 Å². The van der Waals surface area contributed by atoms with E-state index in [1.165, 1.54) is 25.6 Å². The van der Waals surface area contributed by atoms with Gasteiger partial charge in [-0.1, -0.05) is 18.2 Å². The van der Waals surface area contributed by atoms with E-state index in [0.29, 0.717) is 40.6 Å². The summed E-state index contributed by atoms with van der Waals surface area (Å²) < 4.78 is 35.4. The van der Waals surface area contributed by atoms with Crippen molar-refractivity contribution in [3.63, 3.8) is 0 Å². The third-order valence-corrected chi connectivity index (χ3v) is 5.53. The van der Waals surface area contributed by atoms with Crippen molar-refractivity contribution in [2.75, 3.05) is 27.1 Å². The van der Waals surface area contributed by atoms with Crippen LogP contribution in [-0.2, 0) is 11.3 Å². The monoisotopic (exact) mass is 487 g/mol. The molecular formula is C28H26FN3O4. The van der Waals surface area contributed by atoms with E-state index in [-0.39, 0.29) is 0 Å². The lowest BCUT2D eigenvalue weighted by Gasteiger charge is -2.14. The molecule has 0 saturated heterocycles. The molecule has 0 aliphatic heterocycles. The van der Waals surface area contributed by atoms with Crippen molar-refractivity contribution in [2.45, 2.75) is 6.61 Å². The standard InChI is InChI=1S/C28H26FN3O4/c1-33-17-24(20-7-11-27(29)31-14-20)23-12-21(15-32-28(23)30)19-6-10-25(26(13-19)35-3)36-16-18-4-8-22(34-2)9-5-18/h4-15,17H,16H2,1-3H3,(H2,30,32)/b24-17-. The summed E-state index contributed by atoms with van der Waals surface area (Å²) in [7, 11) is 4.75. The summed E-state index contributed by atoms with van der Waals surface area (Å²) in [6.45, 7) is 0.379. The first-order chi connectivity index (χ1) is 17.5. The Morgan fingerprint density at radius 3 is 2.33 bits per heavy atom. The second kappa shape index (κ2) is 11.2. The number of benzene rings is 2. The number of anilines is 1. The molecule has 0 atom stereocenters. The minimum atomic E-state index is -0.572. The highest BCUT2D eigenvalue weighted by Crippen LogP contribution is 2.35. The topological polar surface area (TPSA) is 88.7 Å². The van der Waals surface area contributed by atoms with Crippen LogP contribution in [0.5, 0.6) is 17.2 Å². The first-order valence-corrected chi connectivity index (χ1v) is 11.1. The van der Waals surface area contributed by atoms with Gasteiger partial charge in [-0.15, -0.1) is 0 Å². The Morgan fingerprint density at radius 2 is 1.67 bits per heavy atom. The lowest BCUT2D eigenvalue weighted by molar-refractivity contribution is 0.284. The second-order valence-corrected chi connectivity index (χ2v) is 7.80. The maximum Gasteiger partial charge on any atom is 0.212 e. The van der Waals surface area contributed by atoms with E-state index in [1.807, 2.05) is 48.5 Å². The lowest BCUT2D eigenvalue weighted by Crippen LogP contribution is -2.01. The zero-order valence-corrected chi connectivity index (χ0v) is 20.2. The van der Waals surface area contributed by atoms with Crippen molar-refractivity contribution in [2.24, 2.45) is 0 Å². The van der Waals surface area contributed by atoms with Gasteiger partial charge in [0.05, 0.1) is 27.6 Å². The number of ether oxygens (including phenoxy) is 4. The van der Waals surface area contributed by atoms with Crippen molar-refractivity contribution >= 4 is 11.4 Å². The summed E-state index contributed by atoms with van der Waals surface area (Å²) in [5.74, 6) is 1.71. The number of hydrogen-bond donors (Lipinski definition) is 1. The van der Waals surface area contributed by atoms with Gasteiger partial charge in [0.15, 0.2) is 11.5 Å². The normalized spacial score (nSPS) is 11.2. The fourth-order valence-corrected chi connectivity index (χ4v) is 3.64. The number of hydrogen-bond acceptors (Lipinski definition) is 7. The first-order valence-electron chi connectivity index (χ1n) is 11.1. The Labute approximate surface area is 209 Å². The quantitative estimate of drug-likeness (QED) is 0.246. The number of nitrogens with two attached hydrogens (primary N) is 1. The number of nitrogen functional groups attached to an aromatic ring is 1. The Hall–Kier alpha value is -4.59. The number of methoxy groups -OCH3 is 3. The van der Waals surface area contributed by atoms with E-state index in [9.17, 15) is 4.39 Å². The Morgan fingerprint density at radius 1 is 0.861 bits per heavy atom. The molecule has 0 spiro atoms. The molecule has 0 bridgehead atoms. The maximum absolute atomic E-state index is 13.4. The van der Waals surface area contributed by atoms with Crippen molar-refractivity contribution in [3.05, 3.63) is 102 Å². The molecule has 8 heteroatoms. The summed E-state index contributed by atoms with van der Waals surface area (Å²) in [6, 6.07) is 18.1. The number of pyridine rings is 2. The third kappa shape index (κ3) is 5.55. The minimum absolute atomic E-state index is 0.304. The average Bonchev–Trinajstić information content (AvgIpc) is 2.92. The maximum atomic E-state index is 13.4. The molecule has 2 heterocycles. The molecule has 2 aromatic carbocycles. The molecule has 0 amide bonds. The predicted octanol–water partition coefficient (Wildman–Crippen LogP) is 5.50. The van der Waals surface area contributed by atoms with Crippen LogP contribution in [0.25, 0.3) is 16.7 Å². The van der Waals surface area contributed by atoms with Crippen LogP contribution in [0, 0.1) is 5.95 Å². The second-order valence-electron chi connectivity index (χ2n) is 7.80. The van der Waals surface area contributed by atoms with Crippen LogP contribution in [0.2, 0.25) is 0 Å². The number of nitrogens with zero attached hydrogens (tertiary/aromatic N) is 2. The van der Waals surface area contributed by atoms with Gasteiger partial charge in [-0.05, 0) is 53.6 Å². The molecular weight excluding hydrogens is 461 g/mol. The fourth-order valence-electron chi connectivity index (χ4n) is 3.64. The summed E-state index contributed by atoms with van der Waals surface area (Å²) >= 11 is 0. The van der Waals surface area contributed by atoms with Gasteiger partial charge in [0.2, 0.25) is 5.95 Å². The molecule has 4 aromatic rings. The van der Waals surface area contributed by atoms with E-state index in [1.54, 1.807) is 26.5 Å². The smallest absolute Gasteiger partial charge is 0.212 e. The zero-order chi connectivity index (χ0) is 25.5. The van der Waals surface area contributed by atoms with Gasteiger partial charge in [-0.3, -0.25) is 0 Å². The van der Waals surface area contributed by atoms with Gasteiger partial charge < -0.3 is 24.7 Å². The van der Waals surface area contributed by atoms with E-state index >= 15 is 0 Å². The minimum Gasteiger partial charge on any atom is -0.504 e. The molecule has 2 aromatic heterocycles. The molecule has 7 nitrogen and oxygen atoms in total. The largest absolute Gasteiger partial charge is 0.504 e. The van der Waals surface area contributed by atoms with Gasteiger partial charge in [-0.2, -0.15) is 4.39 Å². The SMILES string of the molecule is CO/C=C(/c1ccc(F)nc1)c1cc(-c2ccc(OCc3ccc(OC)cc3)c(OC)c2)cnc1N. The van der Waals surface area contributed by atoms with E-state index < -0.39 is 5.95 Å². The van der Waals surface area contributed by atoms with Gasteiger partial charge in [0, 0.05) is 34.7 Å². The highest BCUT2D eigenvalue weighted by Gasteiger charge is 2.15. The molecule has 0 unspecified atom stereocenters. The first kappa shape index (κ1) is 24.5. The molecule has 36 heavy (non-hydrogen) atoms. The number of aromatic nitrogens is 2. The van der Waals surface area contributed by atoms with Crippen LogP contribution in [0.15, 0.2) is 79.3 Å². The Kier molecular flexibility index (Phi) is 7.65.